The van der Waals surface area contributed by atoms with E-state index in [1.165, 1.54) is 6.08 Å². The highest BCUT2D eigenvalue weighted by Gasteiger charge is 2.26. The number of aliphatic carboxylic acids is 1. The molecule has 0 saturated carbocycles. The van der Waals surface area contributed by atoms with Crippen LogP contribution in [-0.2, 0) is 9.53 Å². The number of carboxylic acid groups (broad SMARTS) is 1. The van der Waals surface area contributed by atoms with Gasteiger partial charge in [0.2, 0.25) is 0 Å². The number of carbonyl (C=O) groups excluding carboxylic acids is 1. The summed E-state index contributed by atoms with van der Waals surface area (Å²) in [6.45, 7) is 1.69. The molecule has 3 N–H and O–H groups in total. The molecular weight excluding hydrogens is 562 g/mol. The second kappa shape index (κ2) is 10.1. The van der Waals surface area contributed by atoms with Crippen LogP contribution in [0.15, 0.2) is 62.0 Å². The van der Waals surface area contributed by atoms with Crippen molar-refractivity contribution in [3.63, 3.8) is 0 Å². The average Bonchev–Trinajstić information content (AvgIpc) is 2.62. The van der Waals surface area contributed by atoms with E-state index < -0.39 is 24.1 Å². The number of amides is 1. The van der Waals surface area contributed by atoms with E-state index in [2.05, 4.69) is 53.1 Å². The van der Waals surface area contributed by atoms with Gasteiger partial charge in [-0.05, 0) is 52.3 Å². The molecule has 0 saturated heterocycles. The molecule has 9 heteroatoms. The molecule has 0 aliphatic rings. The topological polar surface area (TPSA) is 95.9 Å². The Morgan fingerprint density at radius 1 is 1.11 bits per heavy atom. The molecule has 0 aliphatic heterocycles. The number of benzene rings is 2. The predicted octanol–water partition coefficient (Wildman–Crippen LogP) is 6.25. The van der Waals surface area contributed by atoms with Gasteiger partial charge >= 0.3 is 12.1 Å². The highest BCUT2D eigenvalue weighted by molar-refractivity contribution is 9.11. The predicted molar refractivity (Wildman–Crippen MR) is 116 cm³/mol. The van der Waals surface area contributed by atoms with Crippen LogP contribution in [0.4, 0.5) is 10.5 Å². The van der Waals surface area contributed by atoms with Crippen molar-refractivity contribution in [3.05, 3.63) is 67.5 Å². The molecule has 2 rings (SSSR count). The molecule has 0 fully saturated rings. The van der Waals surface area contributed by atoms with Crippen LogP contribution in [0.5, 0.6) is 5.75 Å². The maximum absolute atomic E-state index is 12.4. The van der Waals surface area contributed by atoms with E-state index in [-0.39, 0.29) is 5.75 Å². The number of anilines is 1. The van der Waals surface area contributed by atoms with Gasteiger partial charge in [0, 0.05) is 32.2 Å². The molecule has 0 aromatic heterocycles. The van der Waals surface area contributed by atoms with Gasteiger partial charge in [0.05, 0.1) is 4.47 Å². The normalized spacial score (nSPS) is 13.1. The number of carbonyl (C=O) groups is 2. The smallest absolute Gasteiger partial charge is 0.412 e. The summed E-state index contributed by atoms with van der Waals surface area (Å²) < 4.78 is 7.48. The van der Waals surface area contributed by atoms with Crippen LogP contribution in [-0.4, -0.2) is 22.3 Å². The van der Waals surface area contributed by atoms with Crippen LogP contribution in [0.2, 0.25) is 0 Å². The Labute approximate surface area is 187 Å². The Morgan fingerprint density at radius 2 is 1.75 bits per heavy atom. The van der Waals surface area contributed by atoms with Crippen molar-refractivity contribution in [2.45, 2.75) is 13.0 Å². The molecule has 0 spiro atoms. The summed E-state index contributed by atoms with van der Waals surface area (Å²) in [5, 5.41) is 21.9. The minimum absolute atomic E-state index is 0.0970. The van der Waals surface area contributed by atoms with E-state index in [4.69, 9.17) is 9.84 Å². The molecule has 0 radical (unpaired) electrons. The van der Waals surface area contributed by atoms with Crippen molar-refractivity contribution >= 4 is 65.5 Å². The monoisotopic (exact) mass is 575 g/mol. The van der Waals surface area contributed by atoms with Gasteiger partial charge in [-0.15, -0.1) is 0 Å². The summed E-state index contributed by atoms with van der Waals surface area (Å²) >= 11 is 9.91. The Bertz CT molecular complexity index is 899. The molecule has 0 unspecified atom stereocenters. The van der Waals surface area contributed by atoms with Crippen molar-refractivity contribution in [1.82, 2.24) is 0 Å². The molecular formula is C19H16Br3NO5. The summed E-state index contributed by atoms with van der Waals surface area (Å²) in [7, 11) is 0. The Balaban J connectivity index is 2.31. The van der Waals surface area contributed by atoms with Crippen LogP contribution in [0.3, 0.4) is 0 Å². The quantitative estimate of drug-likeness (QED) is 0.353. The Hall–Kier alpha value is -1.84. The van der Waals surface area contributed by atoms with E-state index in [0.717, 1.165) is 10.5 Å². The van der Waals surface area contributed by atoms with Gasteiger partial charge in [0.1, 0.15) is 11.9 Å². The number of carboxylic acids is 1. The van der Waals surface area contributed by atoms with Crippen LogP contribution < -0.4 is 5.32 Å². The average molecular weight is 578 g/mol. The zero-order valence-electron chi connectivity index (χ0n) is 14.5. The molecule has 1 amide bonds. The van der Waals surface area contributed by atoms with Crippen molar-refractivity contribution < 1.29 is 24.5 Å². The summed E-state index contributed by atoms with van der Waals surface area (Å²) in [6, 6.07) is 10.2. The first-order chi connectivity index (χ1) is 13.2. The first-order valence-corrected chi connectivity index (χ1v) is 10.4. The fraction of sp³-hybridized carbons (Fsp3) is 0.158. The van der Waals surface area contributed by atoms with Crippen LogP contribution >= 0.6 is 47.8 Å². The van der Waals surface area contributed by atoms with Gasteiger partial charge < -0.3 is 14.9 Å². The van der Waals surface area contributed by atoms with Crippen LogP contribution in [0.1, 0.15) is 18.6 Å². The third kappa shape index (κ3) is 6.35. The van der Waals surface area contributed by atoms with Gasteiger partial charge in [-0.25, -0.2) is 9.59 Å². The standard InChI is InChI=1S/C19H16Br3NO5/c1-10(2-7-16(24)25)18(14-8-12(21)9-15(22)17(14)26)28-19(27)23-13-5-3-11(20)4-6-13/h2-10,18,26H,1H3,(H,23,27)(H,24,25)/b7-2+/t10-,18-/m1/s1. The zero-order valence-corrected chi connectivity index (χ0v) is 19.3. The van der Waals surface area contributed by atoms with Gasteiger partial charge in [0.15, 0.2) is 0 Å². The Kier molecular flexibility index (Phi) is 8.09. The molecule has 0 heterocycles. The lowest BCUT2D eigenvalue weighted by Gasteiger charge is -2.24. The number of phenols is 1. The number of phenolic OH excluding ortho intramolecular Hbond substituents is 1. The largest absolute Gasteiger partial charge is 0.506 e. The van der Waals surface area contributed by atoms with Crippen molar-refractivity contribution in [1.29, 1.82) is 0 Å². The third-order valence-electron chi connectivity index (χ3n) is 3.71. The molecule has 148 valence electrons. The molecule has 28 heavy (non-hydrogen) atoms. The maximum Gasteiger partial charge on any atom is 0.412 e. The van der Waals surface area contributed by atoms with Gasteiger partial charge in [-0.1, -0.05) is 44.9 Å². The van der Waals surface area contributed by atoms with Crippen molar-refractivity contribution in [3.8, 4) is 5.75 Å². The molecule has 2 aromatic rings. The van der Waals surface area contributed by atoms with E-state index in [1.807, 2.05) is 0 Å². The van der Waals surface area contributed by atoms with Crippen molar-refractivity contribution in [2.75, 3.05) is 5.32 Å². The maximum atomic E-state index is 12.4. The number of nitrogens with one attached hydrogen (secondary N) is 1. The number of hydrogen-bond acceptors (Lipinski definition) is 4. The summed E-state index contributed by atoms with van der Waals surface area (Å²) in [6.07, 6.45) is 0.699. The number of halogens is 3. The first kappa shape index (κ1) is 22.4. The van der Waals surface area contributed by atoms with Crippen molar-refractivity contribution in [2.24, 2.45) is 5.92 Å². The number of rotatable bonds is 6. The zero-order chi connectivity index (χ0) is 20.8. The molecule has 2 atom stereocenters. The number of ether oxygens (including phenoxy) is 1. The summed E-state index contributed by atoms with van der Waals surface area (Å²) in [4.78, 5) is 23.3. The highest BCUT2D eigenvalue weighted by atomic mass is 79.9. The summed E-state index contributed by atoms with van der Waals surface area (Å²) in [5.41, 5.74) is 0.857. The minimum Gasteiger partial charge on any atom is -0.506 e. The van der Waals surface area contributed by atoms with Gasteiger partial charge in [0.25, 0.3) is 0 Å². The first-order valence-electron chi connectivity index (χ1n) is 7.99. The van der Waals surface area contributed by atoms with E-state index >= 15 is 0 Å². The lowest BCUT2D eigenvalue weighted by Crippen LogP contribution is -2.21. The van der Waals surface area contributed by atoms with E-state index in [9.17, 15) is 14.7 Å². The van der Waals surface area contributed by atoms with Gasteiger partial charge in [-0.3, -0.25) is 5.32 Å². The van der Waals surface area contributed by atoms with Crippen LogP contribution in [0, 0.1) is 5.92 Å². The summed E-state index contributed by atoms with van der Waals surface area (Å²) in [5.74, 6) is -1.75. The van der Waals surface area contributed by atoms with E-state index in [1.54, 1.807) is 43.3 Å². The number of hydrogen-bond donors (Lipinski definition) is 3. The molecule has 0 bridgehead atoms. The number of aromatic hydroxyl groups is 1. The van der Waals surface area contributed by atoms with Gasteiger partial charge in [-0.2, -0.15) is 0 Å². The second-order valence-electron chi connectivity index (χ2n) is 5.84. The third-order valence-corrected chi connectivity index (χ3v) is 5.30. The highest BCUT2D eigenvalue weighted by Crippen LogP contribution is 2.40. The molecule has 6 nitrogen and oxygen atoms in total. The lowest BCUT2D eigenvalue weighted by molar-refractivity contribution is -0.131. The minimum atomic E-state index is -1.12. The molecule has 0 aliphatic carbocycles. The lowest BCUT2D eigenvalue weighted by atomic mass is 9.96. The SMILES string of the molecule is C[C@H](/C=C/C(=O)O)[C@@H](OC(=O)Nc1ccc(Br)cc1)c1cc(Br)cc(Br)c1O. The Morgan fingerprint density at radius 3 is 2.36 bits per heavy atom. The fourth-order valence-electron chi connectivity index (χ4n) is 2.39. The van der Waals surface area contributed by atoms with E-state index in [0.29, 0.717) is 20.2 Å². The second-order valence-corrected chi connectivity index (χ2v) is 8.53. The molecule has 2 aromatic carbocycles. The van der Waals surface area contributed by atoms with Crippen LogP contribution in [0.25, 0.3) is 0 Å². The fourth-order valence-corrected chi connectivity index (χ4v) is 3.91.